The lowest BCUT2D eigenvalue weighted by Crippen LogP contribution is -2.29. The maximum absolute atomic E-state index is 10.0. The first-order chi connectivity index (χ1) is 4.18. The summed E-state index contributed by atoms with van der Waals surface area (Å²) in [7, 11) is 0. The predicted molar refractivity (Wildman–Crippen MR) is 43.4 cm³/mol. The van der Waals surface area contributed by atoms with E-state index in [1.807, 2.05) is 22.6 Å². The van der Waals surface area contributed by atoms with E-state index in [1.54, 1.807) is 10.2 Å². The van der Waals surface area contributed by atoms with Gasteiger partial charge in [-0.2, -0.15) is 0 Å². The summed E-state index contributed by atoms with van der Waals surface area (Å²) in [5, 5.41) is 8.25. The summed E-state index contributed by atoms with van der Waals surface area (Å²) in [5.74, 6) is -0.954. The molecular formula is C5H8INO2. The topological polar surface area (TPSA) is 63.3 Å². The smallest absolute Gasteiger partial charge is 0.320 e. The van der Waals surface area contributed by atoms with Gasteiger partial charge < -0.3 is 10.8 Å². The van der Waals surface area contributed by atoms with E-state index < -0.39 is 12.0 Å². The number of nitrogens with two attached hydrogens (primary N) is 1. The van der Waals surface area contributed by atoms with Gasteiger partial charge in [0.15, 0.2) is 0 Å². The van der Waals surface area contributed by atoms with Gasteiger partial charge in [0.1, 0.15) is 6.04 Å². The minimum absolute atomic E-state index is 0.401. The lowest BCUT2D eigenvalue weighted by Gasteiger charge is -1.98. The molecule has 3 nitrogen and oxygen atoms in total. The number of hydrogen-bond acceptors (Lipinski definition) is 2. The molecule has 0 aliphatic rings. The molecule has 0 radical (unpaired) electrons. The Morgan fingerprint density at radius 2 is 2.44 bits per heavy atom. The van der Waals surface area contributed by atoms with Crippen LogP contribution in [0, 0.1) is 0 Å². The van der Waals surface area contributed by atoms with Crippen molar-refractivity contribution in [3.8, 4) is 0 Å². The predicted octanol–water partition coefficient (Wildman–Crippen LogP) is 0.737. The molecule has 4 heteroatoms. The molecule has 0 aromatic carbocycles. The van der Waals surface area contributed by atoms with Gasteiger partial charge in [-0.3, -0.25) is 4.79 Å². The van der Waals surface area contributed by atoms with E-state index in [9.17, 15) is 4.79 Å². The lowest BCUT2D eigenvalue weighted by atomic mass is 10.2. The second kappa shape index (κ2) is 4.75. The molecule has 0 heterocycles. The first kappa shape index (κ1) is 8.90. The molecule has 0 aliphatic heterocycles. The van der Waals surface area contributed by atoms with Crippen molar-refractivity contribution in [3.05, 3.63) is 10.2 Å². The molecule has 0 aliphatic carbocycles. The molecule has 0 rings (SSSR count). The van der Waals surface area contributed by atoms with Crippen molar-refractivity contribution in [1.82, 2.24) is 0 Å². The van der Waals surface area contributed by atoms with Crippen LogP contribution in [0.25, 0.3) is 0 Å². The monoisotopic (exact) mass is 241 g/mol. The molecule has 1 atom stereocenters. The van der Waals surface area contributed by atoms with Gasteiger partial charge in [0.25, 0.3) is 0 Å². The number of carbonyl (C=O) groups is 1. The highest BCUT2D eigenvalue weighted by molar-refractivity contribution is 14.1. The molecule has 0 saturated carbocycles. The Bertz CT molecular complexity index is 124. The van der Waals surface area contributed by atoms with Crippen molar-refractivity contribution < 1.29 is 9.90 Å². The number of carboxylic acids is 1. The van der Waals surface area contributed by atoms with Crippen LogP contribution in [0.1, 0.15) is 6.42 Å². The van der Waals surface area contributed by atoms with Gasteiger partial charge in [0.2, 0.25) is 0 Å². The van der Waals surface area contributed by atoms with Gasteiger partial charge in [0, 0.05) is 0 Å². The average Bonchev–Trinajstić information content (AvgIpc) is 1.82. The standard InChI is InChI=1S/C5H8INO2/c6-3-1-2-4(7)5(8)9/h1,3-4H,2,7H2,(H,8,9)/b3-1+/t4-/m0/s1. The molecule has 9 heavy (non-hydrogen) atoms. The Labute approximate surface area is 67.1 Å². The van der Waals surface area contributed by atoms with Crippen molar-refractivity contribution in [2.45, 2.75) is 12.5 Å². The van der Waals surface area contributed by atoms with Gasteiger partial charge in [-0.05, 0) is 10.5 Å². The molecule has 0 bridgehead atoms. The Morgan fingerprint density at radius 1 is 1.89 bits per heavy atom. The molecular weight excluding hydrogens is 233 g/mol. The summed E-state index contributed by atoms with van der Waals surface area (Å²) >= 11 is 2.02. The van der Waals surface area contributed by atoms with Crippen LogP contribution in [0.2, 0.25) is 0 Å². The summed E-state index contributed by atoms with van der Waals surface area (Å²) in [6, 6.07) is -0.754. The van der Waals surface area contributed by atoms with E-state index in [-0.39, 0.29) is 0 Å². The summed E-state index contributed by atoms with van der Waals surface area (Å²) in [4.78, 5) is 10.0. The van der Waals surface area contributed by atoms with Gasteiger partial charge in [0.05, 0.1) is 0 Å². The molecule has 0 amide bonds. The fourth-order valence-corrected chi connectivity index (χ4v) is 0.592. The molecule has 3 N–H and O–H groups in total. The molecule has 0 fully saturated rings. The first-order valence-corrected chi connectivity index (χ1v) is 3.66. The number of carboxylic acid groups (broad SMARTS) is 1. The third-order valence-corrected chi connectivity index (χ3v) is 1.30. The van der Waals surface area contributed by atoms with Crippen LogP contribution in [-0.2, 0) is 4.79 Å². The highest BCUT2D eigenvalue weighted by Gasteiger charge is 2.07. The Balaban J connectivity index is 3.50. The largest absolute Gasteiger partial charge is 0.480 e. The van der Waals surface area contributed by atoms with Crippen LogP contribution in [0.5, 0.6) is 0 Å². The Kier molecular flexibility index (Phi) is 4.70. The van der Waals surface area contributed by atoms with Gasteiger partial charge in [-0.1, -0.05) is 28.7 Å². The second-order valence-electron chi connectivity index (χ2n) is 1.54. The van der Waals surface area contributed by atoms with Crippen LogP contribution in [-0.4, -0.2) is 17.1 Å². The van der Waals surface area contributed by atoms with Crippen molar-refractivity contribution in [2.75, 3.05) is 0 Å². The van der Waals surface area contributed by atoms with Gasteiger partial charge in [-0.15, -0.1) is 0 Å². The van der Waals surface area contributed by atoms with Crippen LogP contribution in [0.15, 0.2) is 10.2 Å². The SMILES string of the molecule is N[C@@H](C/C=C/I)C(=O)O. The molecule has 0 aromatic heterocycles. The summed E-state index contributed by atoms with van der Waals surface area (Å²) < 4.78 is 1.75. The fraction of sp³-hybridized carbons (Fsp3) is 0.400. The van der Waals surface area contributed by atoms with Crippen LogP contribution >= 0.6 is 22.6 Å². The Hall–Kier alpha value is -0.100. The third-order valence-electron chi connectivity index (χ3n) is 0.796. The number of aliphatic carboxylic acids is 1. The van der Waals surface area contributed by atoms with Crippen molar-refractivity contribution >= 4 is 28.6 Å². The number of rotatable bonds is 3. The molecule has 0 spiro atoms. The molecule has 0 aromatic rings. The van der Waals surface area contributed by atoms with Crippen LogP contribution < -0.4 is 5.73 Å². The fourth-order valence-electron chi connectivity index (χ4n) is 0.299. The highest BCUT2D eigenvalue weighted by Crippen LogP contribution is 1.92. The summed E-state index contributed by atoms with van der Waals surface area (Å²) in [6.45, 7) is 0. The van der Waals surface area contributed by atoms with Crippen LogP contribution in [0.3, 0.4) is 0 Å². The normalized spacial score (nSPS) is 14.0. The van der Waals surface area contributed by atoms with E-state index in [2.05, 4.69) is 0 Å². The quantitative estimate of drug-likeness (QED) is 0.716. The van der Waals surface area contributed by atoms with E-state index in [0.29, 0.717) is 6.42 Å². The van der Waals surface area contributed by atoms with E-state index >= 15 is 0 Å². The number of halogens is 1. The summed E-state index contributed by atoms with van der Waals surface area (Å²) in [5.41, 5.74) is 5.15. The molecule has 0 saturated heterocycles. The zero-order chi connectivity index (χ0) is 7.28. The third kappa shape index (κ3) is 4.41. The van der Waals surface area contributed by atoms with E-state index in [0.717, 1.165) is 0 Å². The zero-order valence-electron chi connectivity index (χ0n) is 4.75. The maximum Gasteiger partial charge on any atom is 0.320 e. The van der Waals surface area contributed by atoms with Crippen molar-refractivity contribution in [1.29, 1.82) is 0 Å². The zero-order valence-corrected chi connectivity index (χ0v) is 6.91. The van der Waals surface area contributed by atoms with Crippen molar-refractivity contribution in [3.63, 3.8) is 0 Å². The number of hydrogen-bond donors (Lipinski definition) is 2. The van der Waals surface area contributed by atoms with Crippen molar-refractivity contribution in [2.24, 2.45) is 5.73 Å². The first-order valence-electron chi connectivity index (χ1n) is 2.42. The van der Waals surface area contributed by atoms with Gasteiger partial charge in [-0.25, -0.2) is 0 Å². The Morgan fingerprint density at radius 3 is 2.78 bits per heavy atom. The van der Waals surface area contributed by atoms with Gasteiger partial charge >= 0.3 is 5.97 Å². The van der Waals surface area contributed by atoms with Crippen LogP contribution in [0.4, 0.5) is 0 Å². The second-order valence-corrected chi connectivity index (χ2v) is 2.26. The molecule has 52 valence electrons. The highest BCUT2D eigenvalue weighted by atomic mass is 127. The lowest BCUT2D eigenvalue weighted by molar-refractivity contribution is -0.138. The minimum atomic E-state index is -0.954. The molecule has 0 unspecified atom stereocenters. The van der Waals surface area contributed by atoms with E-state index in [1.165, 1.54) is 0 Å². The van der Waals surface area contributed by atoms with E-state index in [4.69, 9.17) is 10.8 Å². The maximum atomic E-state index is 10.0. The average molecular weight is 241 g/mol. The summed E-state index contributed by atoms with van der Waals surface area (Å²) in [6.07, 6.45) is 2.12. The minimum Gasteiger partial charge on any atom is -0.480 e.